The molecule has 0 amide bonds. The first-order valence-electron chi connectivity index (χ1n) is 3.05. The lowest BCUT2D eigenvalue weighted by atomic mass is 9.72. The Kier molecular flexibility index (Phi) is 7.79. The lowest BCUT2D eigenvalue weighted by molar-refractivity contribution is 0.823. The van der Waals surface area contributed by atoms with Crippen LogP contribution < -0.4 is 5.46 Å². The van der Waals surface area contributed by atoms with Crippen LogP contribution in [0, 0.1) is 0 Å². The molecule has 0 fully saturated rings. The van der Waals surface area contributed by atoms with Crippen molar-refractivity contribution in [3.63, 3.8) is 0 Å². The van der Waals surface area contributed by atoms with E-state index < -0.39 is 3.69 Å². The summed E-state index contributed by atoms with van der Waals surface area (Å²) >= 11 is 16.6. The maximum absolute atomic E-state index is 5.54. The summed E-state index contributed by atoms with van der Waals surface area (Å²) in [5.74, 6) is 0. The second-order valence-corrected chi connectivity index (χ2v) is 4.47. The van der Waals surface area contributed by atoms with Gasteiger partial charge in [0.15, 0.2) is 3.69 Å². The van der Waals surface area contributed by atoms with Crippen LogP contribution >= 0.6 is 34.8 Å². The summed E-state index contributed by atoms with van der Waals surface area (Å²) in [6.07, 6.45) is 0. The van der Waals surface area contributed by atoms with E-state index >= 15 is 0 Å². The average Bonchev–Trinajstić information content (AvgIpc) is 1.85. The quantitative estimate of drug-likeness (QED) is 0.514. The van der Waals surface area contributed by atoms with Gasteiger partial charge in [-0.15, -0.1) is 0 Å². The summed E-state index contributed by atoms with van der Waals surface area (Å²) in [6, 6.07) is 9.45. The first kappa shape index (κ1) is 15.5. The van der Waals surface area contributed by atoms with Crippen LogP contribution in [-0.2, 0) is 0 Å². The molecule has 0 bridgehead atoms. The molecule has 0 aliphatic heterocycles. The molecule has 0 spiro atoms. The minimum atomic E-state index is -1.30. The van der Waals surface area contributed by atoms with Crippen molar-refractivity contribution < 1.29 is 11.0 Å². The van der Waals surface area contributed by atoms with Gasteiger partial charge in [-0.05, 0) is 0 Å². The molecule has 73 valence electrons. The predicted molar refractivity (Wildman–Crippen MR) is 59.3 cm³/mol. The molecule has 1 aromatic carbocycles. The molecule has 6 heteroatoms. The summed E-state index contributed by atoms with van der Waals surface area (Å²) in [7, 11) is 1.57. The van der Waals surface area contributed by atoms with Crippen molar-refractivity contribution in [1.82, 2.24) is 0 Å². The van der Waals surface area contributed by atoms with Crippen LogP contribution in [-0.4, -0.2) is 21.9 Å². The topological polar surface area (TPSA) is 63.0 Å². The van der Waals surface area contributed by atoms with Crippen LogP contribution in [0.3, 0.4) is 0 Å². The molecular weight excluding hydrogens is 233 g/mol. The molecule has 2 nitrogen and oxygen atoms in total. The highest BCUT2D eigenvalue weighted by Crippen LogP contribution is 2.23. The maximum Gasteiger partial charge on any atom is 0.220 e. The summed E-state index contributed by atoms with van der Waals surface area (Å²) in [4.78, 5) is 0. The van der Waals surface area contributed by atoms with E-state index in [1.807, 2.05) is 30.3 Å². The van der Waals surface area contributed by atoms with E-state index in [0.717, 1.165) is 5.46 Å². The summed E-state index contributed by atoms with van der Waals surface area (Å²) in [5.41, 5.74) is 0.910. The van der Waals surface area contributed by atoms with Gasteiger partial charge in [0.25, 0.3) is 0 Å². The molecule has 0 aromatic heterocycles. The van der Waals surface area contributed by atoms with Gasteiger partial charge < -0.3 is 11.0 Å². The molecule has 1 rings (SSSR count). The number of benzene rings is 1. The zero-order valence-corrected chi connectivity index (χ0v) is 8.87. The van der Waals surface area contributed by atoms with Crippen molar-refractivity contribution >= 4 is 47.5 Å². The fourth-order valence-corrected chi connectivity index (χ4v) is 1.12. The first-order valence-corrected chi connectivity index (χ1v) is 4.19. The Morgan fingerprint density at radius 1 is 0.923 bits per heavy atom. The van der Waals surface area contributed by atoms with Crippen LogP contribution in [0.15, 0.2) is 30.3 Å². The molecule has 0 aliphatic rings. The Morgan fingerprint density at radius 2 is 1.38 bits per heavy atom. The van der Waals surface area contributed by atoms with Crippen molar-refractivity contribution in [3.8, 4) is 0 Å². The third-order valence-corrected chi connectivity index (χ3v) is 1.46. The van der Waals surface area contributed by atoms with E-state index in [-0.39, 0.29) is 11.0 Å². The monoisotopic (exact) mass is 241 g/mol. The molecule has 0 unspecified atom stereocenters. The van der Waals surface area contributed by atoms with Crippen molar-refractivity contribution in [1.29, 1.82) is 0 Å². The molecule has 0 atom stereocenters. The normalized spacial score (nSPS) is 9.46. The number of halogens is 3. The summed E-state index contributed by atoms with van der Waals surface area (Å²) in [5, 5.41) is 0. The SMILES string of the molecule is ClC(Cl)(Cl)[B]c1ccccc1.O.O. The lowest BCUT2D eigenvalue weighted by Crippen LogP contribution is -2.26. The van der Waals surface area contributed by atoms with Gasteiger partial charge in [0.1, 0.15) is 0 Å². The highest BCUT2D eigenvalue weighted by Gasteiger charge is 2.21. The number of hydrogen-bond acceptors (Lipinski definition) is 0. The van der Waals surface area contributed by atoms with E-state index in [0.29, 0.717) is 0 Å². The minimum absolute atomic E-state index is 0. The number of hydrogen-bond donors (Lipinski definition) is 0. The fourth-order valence-electron chi connectivity index (χ4n) is 0.738. The number of alkyl halides is 3. The fraction of sp³-hybridized carbons (Fsp3) is 0.143. The second kappa shape index (κ2) is 6.52. The van der Waals surface area contributed by atoms with E-state index in [1.54, 1.807) is 7.28 Å². The Morgan fingerprint density at radius 3 is 1.77 bits per heavy atom. The van der Waals surface area contributed by atoms with Crippen LogP contribution in [0.2, 0.25) is 0 Å². The van der Waals surface area contributed by atoms with Gasteiger partial charge in [-0.1, -0.05) is 70.6 Å². The van der Waals surface area contributed by atoms with Gasteiger partial charge in [0.05, 0.1) is 0 Å². The molecule has 0 saturated carbocycles. The van der Waals surface area contributed by atoms with Crippen LogP contribution in [0.5, 0.6) is 0 Å². The highest BCUT2D eigenvalue weighted by molar-refractivity contribution is 6.91. The third-order valence-electron chi connectivity index (χ3n) is 1.13. The van der Waals surface area contributed by atoms with Crippen LogP contribution in [0.1, 0.15) is 0 Å². The van der Waals surface area contributed by atoms with E-state index in [9.17, 15) is 0 Å². The summed E-state index contributed by atoms with van der Waals surface area (Å²) in [6.45, 7) is 0. The Labute approximate surface area is 92.7 Å². The molecule has 1 radical (unpaired) electrons. The van der Waals surface area contributed by atoms with Gasteiger partial charge >= 0.3 is 0 Å². The van der Waals surface area contributed by atoms with Gasteiger partial charge in [0, 0.05) is 0 Å². The largest absolute Gasteiger partial charge is 0.412 e. The van der Waals surface area contributed by atoms with Gasteiger partial charge in [-0.2, -0.15) is 0 Å². The number of rotatable bonds is 1. The predicted octanol–water partition coefficient (Wildman–Crippen LogP) is 0.694. The first-order chi connectivity index (χ1) is 5.08. The Balaban J connectivity index is 0. The van der Waals surface area contributed by atoms with Crippen LogP contribution in [0.4, 0.5) is 0 Å². The lowest BCUT2D eigenvalue weighted by Gasteiger charge is -2.07. The highest BCUT2D eigenvalue weighted by atomic mass is 35.6. The van der Waals surface area contributed by atoms with E-state index in [1.165, 1.54) is 0 Å². The standard InChI is InChI=1S/C7H5BCl3.2H2O/c9-7(10,11)8-6-4-2-1-3-5-6;;/h1-5H;2*1H2. The van der Waals surface area contributed by atoms with Crippen molar-refractivity contribution in [2.45, 2.75) is 3.69 Å². The van der Waals surface area contributed by atoms with Crippen LogP contribution in [0.25, 0.3) is 0 Å². The second-order valence-electron chi connectivity index (χ2n) is 2.10. The van der Waals surface area contributed by atoms with E-state index in [4.69, 9.17) is 34.8 Å². The molecule has 0 heterocycles. The minimum Gasteiger partial charge on any atom is -0.412 e. The molecule has 4 N–H and O–H groups in total. The third kappa shape index (κ3) is 7.17. The molecule has 0 aliphatic carbocycles. The Bertz CT molecular complexity index is 225. The molecule has 0 saturated heterocycles. The van der Waals surface area contributed by atoms with Gasteiger partial charge in [-0.3, -0.25) is 0 Å². The van der Waals surface area contributed by atoms with Gasteiger partial charge in [0.2, 0.25) is 7.28 Å². The van der Waals surface area contributed by atoms with Crippen molar-refractivity contribution in [3.05, 3.63) is 30.3 Å². The zero-order valence-electron chi connectivity index (χ0n) is 6.60. The average molecular weight is 242 g/mol. The molecule has 13 heavy (non-hydrogen) atoms. The maximum atomic E-state index is 5.54. The Hall–Kier alpha value is 0.0749. The smallest absolute Gasteiger partial charge is 0.220 e. The summed E-state index contributed by atoms with van der Waals surface area (Å²) < 4.78 is -1.30. The van der Waals surface area contributed by atoms with Gasteiger partial charge in [-0.25, -0.2) is 0 Å². The zero-order chi connectivity index (χ0) is 8.32. The van der Waals surface area contributed by atoms with Crippen molar-refractivity contribution in [2.24, 2.45) is 0 Å². The van der Waals surface area contributed by atoms with Crippen molar-refractivity contribution in [2.75, 3.05) is 0 Å². The van der Waals surface area contributed by atoms with E-state index in [2.05, 4.69) is 0 Å². The molecular formula is C7H9BCl3O2. The molecule has 1 aromatic rings.